The van der Waals surface area contributed by atoms with Crippen molar-refractivity contribution in [3.8, 4) is 0 Å². The molecule has 1 aliphatic carbocycles. The number of hydrogen-bond acceptors (Lipinski definition) is 4. The molecule has 0 bridgehead atoms. The first-order valence-electron chi connectivity index (χ1n) is 5.48. The molecule has 0 aromatic heterocycles. The van der Waals surface area contributed by atoms with Gasteiger partial charge in [-0.3, -0.25) is 10.1 Å². The van der Waals surface area contributed by atoms with Crippen LogP contribution in [0, 0.1) is 5.92 Å². The van der Waals surface area contributed by atoms with Crippen LogP contribution >= 0.6 is 0 Å². The van der Waals surface area contributed by atoms with E-state index in [-0.39, 0.29) is 12.5 Å². The van der Waals surface area contributed by atoms with E-state index in [1.54, 1.807) is 0 Å². The number of aliphatic imine (C=N–C) groups is 1. The first kappa shape index (κ1) is 10.1. The van der Waals surface area contributed by atoms with E-state index in [0.29, 0.717) is 11.9 Å². The Hall–Kier alpha value is -1.39. The molecule has 2 aliphatic rings. The predicted octanol–water partition coefficient (Wildman–Crippen LogP) is 0.628. The van der Waals surface area contributed by atoms with E-state index in [4.69, 9.17) is 0 Å². The average Bonchev–Trinajstić information content (AvgIpc) is 2.66. The highest BCUT2D eigenvalue weighted by molar-refractivity contribution is 6.02. The first-order valence-corrected chi connectivity index (χ1v) is 5.48. The predicted molar refractivity (Wildman–Crippen MR) is 58.6 cm³/mol. The maximum absolute atomic E-state index is 10.8. The molecule has 1 heterocycles. The molecule has 0 unspecified atom stereocenters. The summed E-state index contributed by atoms with van der Waals surface area (Å²) in [6.45, 7) is 0.210. The summed E-state index contributed by atoms with van der Waals surface area (Å²) >= 11 is 0. The Morgan fingerprint density at radius 3 is 2.87 bits per heavy atom. The zero-order valence-corrected chi connectivity index (χ0v) is 8.70. The number of carbonyl (C=O) groups is 1. The molecular formula is C10H16N4O. The number of nitrogens with zero attached hydrogens (tertiary/aromatic N) is 2. The molecule has 1 amide bonds. The van der Waals surface area contributed by atoms with Crippen molar-refractivity contribution < 1.29 is 4.79 Å². The molecular weight excluding hydrogens is 192 g/mol. The van der Waals surface area contributed by atoms with Gasteiger partial charge in [-0.15, -0.1) is 0 Å². The van der Waals surface area contributed by atoms with Gasteiger partial charge >= 0.3 is 0 Å². The summed E-state index contributed by atoms with van der Waals surface area (Å²) in [5.74, 6) is 0.974. The van der Waals surface area contributed by atoms with Crippen molar-refractivity contribution in [3.63, 3.8) is 0 Å². The van der Waals surface area contributed by atoms with Gasteiger partial charge in [0.2, 0.25) is 11.9 Å². The minimum absolute atomic E-state index is 0.0784. The van der Waals surface area contributed by atoms with Crippen molar-refractivity contribution in [2.75, 3.05) is 6.54 Å². The molecule has 0 atom stereocenters. The van der Waals surface area contributed by atoms with Crippen LogP contribution in [-0.4, -0.2) is 24.6 Å². The van der Waals surface area contributed by atoms with E-state index in [2.05, 4.69) is 20.8 Å². The van der Waals surface area contributed by atoms with Gasteiger partial charge in [0.25, 0.3) is 0 Å². The van der Waals surface area contributed by atoms with Crippen molar-refractivity contribution in [2.24, 2.45) is 16.0 Å². The summed E-state index contributed by atoms with van der Waals surface area (Å²) in [5.41, 5.74) is 2.75. The summed E-state index contributed by atoms with van der Waals surface area (Å²) in [7, 11) is 0. The summed E-state index contributed by atoms with van der Waals surface area (Å²) in [6, 6.07) is 0. The topological polar surface area (TPSA) is 65.8 Å². The maximum Gasteiger partial charge on any atom is 0.248 e. The van der Waals surface area contributed by atoms with Crippen molar-refractivity contribution in [2.45, 2.75) is 32.1 Å². The highest BCUT2D eigenvalue weighted by atomic mass is 16.2. The molecule has 1 fully saturated rings. The molecule has 82 valence electrons. The molecule has 2 rings (SSSR count). The number of guanidine groups is 1. The summed E-state index contributed by atoms with van der Waals surface area (Å²) in [4.78, 5) is 14.7. The van der Waals surface area contributed by atoms with E-state index < -0.39 is 0 Å². The molecule has 1 saturated carbocycles. The van der Waals surface area contributed by atoms with Crippen molar-refractivity contribution in [1.82, 2.24) is 10.7 Å². The van der Waals surface area contributed by atoms with E-state index in [9.17, 15) is 4.79 Å². The Morgan fingerprint density at radius 2 is 2.20 bits per heavy atom. The third-order valence-electron chi connectivity index (χ3n) is 2.74. The zero-order chi connectivity index (χ0) is 10.5. The first-order chi connectivity index (χ1) is 7.34. The molecule has 0 aromatic rings. The normalized spacial score (nSPS) is 22.9. The minimum Gasteiger partial charge on any atom is -0.294 e. The van der Waals surface area contributed by atoms with Crippen molar-refractivity contribution in [1.29, 1.82) is 0 Å². The number of nitrogens with one attached hydrogen (secondary N) is 2. The van der Waals surface area contributed by atoms with Crippen LogP contribution in [0.5, 0.6) is 0 Å². The summed E-state index contributed by atoms with van der Waals surface area (Å²) in [5, 5.41) is 6.67. The lowest BCUT2D eigenvalue weighted by Crippen LogP contribution is -2.33. The van der Waals surface area contributed by atoms with Crippen LogP contribution in [0.1, 0.15) is 32.1 Å². The van der Waals surface area contributed by atoms with E-state index in [0.717, 1.165) is 0 Å². The molecule has 0 aromatic carbocycles. The molecule has 0 saturated heterocycles. The molecule has 2 N–H and O–H groups in total. The van der Waals surface area contributed by atoms with E-state index >= 15 is 0 Å². The van der Waals surface area contributed by atoms with E-state index in [1.165, 1.54) is 32.1 Å². The SMILES string of the molecule is O=C1CN=C(N/N=C/C2CCCCC2)N1. The molecule has 0 radical (unpaired) electrons. The number of carbonyl (C=O) groups excluding carboxylic acids is 1. The van der Waals surface area contributed by atoms with Crippen LogP contribution in [0.15, 0.2) is 10.1 Å². The number of rotatable bonds is 2. The number of hydrogen-bond donors (Lipinski definition) is 2. The second-order valence-electron chi connectivity index (χ2n) is 4.00. The minimum atomic E-state index is -0.0784. The standard InChI is InChI=1S/C10H16N4O/c15-9-7-11-10(13-9)14-12-6-8-4-2-1-3-5-8/h6,8H,1-5,7H2,(H2,11,13,14,15)/b12-6+. The monoisotopic (exact) mass is 208 g/mol. The van der Waals surface area contributed by atoms with Gasteiger partial charge in [0.15, 0.2) is 0 Å². The van der Waals surface area contributed by atoms with Crippen LogP contribution in [0.25, 0.3) is 0 Å². The van der Waals surface area contributed by atoms with Gasteiger partial charge in [0.05, 0.1) is 0 Å². The number of hydrazone groups is 1. The van der Waals surface area contributed by atoms with Crippen LogP contribution in [-0.2, 0) is 4.79 Å². The fourth-order valence-corrected chi connectivity index (χ4v) is 1.91. The number of amides is 1. The molecule has 5 heteroatoms. The van der Waals surface area contributed by atoms with Crippen molar-refractivity contribution in [3.05, 3.63) is 0 Å². The lowest BCUT2D eigenvalue weighted by molar-refractivity contribution is -0.117. The Bertz CT molecular complexity index is 292. The smallest absolute Gasteiger partial charge is 0.248 e. The Balaban J connectivity index is 1.72. The fraction of sp³-hybridized carbons (Fsp3) is 0.700. The largest absolute Gasteiger partial charge is 0.294 e. The van der Waals surface area contributed by atoms with Gasteiger partial charge in [0, 0.05) is 6.21 Å². The second-order valence-corrected chi connectivity index (χ2v) is 4.00. The highest BCUT2D eigenvalue weighted by Crippen LogP contribution is 2.21. The molecule has 0 spiro atoms. The Morgan fingerprint density at radius 1 is 1.40 bits per heavy atom. The zero-order valence-electron chi connectivity index (χ0n) is 8.70. The molecule has 1 aliphatic heterocycles. The second kappa shape index (κ2) is 4.91. The summed E-state index contributed by atoms with van der Waals surface area (Å²) in [6.07, 6.45) is 8.34. The lowest BCUT2D eigenvalue weighted by atomic mass is 9.90. The highest BCUT2D eigenvalue weighted by Gasteiger charge is 2.13. The third kappa shape index (κ3) is 3.04. The van der Waals surface area contributed by atoms with Gasteiger partial charge in [-0.25, -0.2) is 10.4 Å². The van der Waals surface area contributed by atoms with Gasteiger partial charge in [-0.05, 0) is 18.8 Å². The van der Waals surface area contributed by atoms with Gasteiger partial charge in [-0.2, -0.15) is 5.10 Å². The van der Waals surface area contributed by atoms with Crippen molar-refractivity contribution >= 4 is 18.1 Å². The lowest BCUT2D eigenvalue weighted by Gasteiger charge is -2.16. The molecule has 5 nitrogen and oxygen atoms in total. The third-order valence-corrected chi connectivity index (χ3v) is 2.74. The van der Waals surface area contributed by atoms with Crippen LogP contribution < -0.4 is 10.7 Å². The fourth-order valence-electron chi connectivity index (χ4n) is 1.91. The van der Waals surface area contributed by atoms with Crippen LogP contribution in [0.4, 0.5) is 0 Å². The summed E-state index contributed by atoms with van der Waals surface area (Å²) < 4.78 is 0. The van der Waals surface area contributed by atoms with Crippen LogP contribution in [0.3, 0.4) is 0 Å². The van der Waals surface area contributed by atoms with Crippen LogP contribution in [0.2, 0.25) is 0 Å². The molecule has 15 heavy (non-hydrogen) atoms. The van der Waals surface area contributed by atoms with Gasteiger partial charge in [-0.1, -0.05) is 19.3 Å². The Labute approximate surface area is 89.0 Å². The Kier molecular flexibility index (Phi) is 3.32. The van der Waals surface area contributed by atoms with Gasteiger partial charge in [0.1, 0.15) is 6.54 Å². The maximum atomic E-state index is 10.8. The van der Waals surface area contributed by atoms with Gasteiger partial charge < -0.3 is 0 Å². The quantitative estimate of drug-likeness (QED) is 0.516. The van der Waals surface area contributed by atoms with E-state index in [1.807, 2.05) is 6.21 Å². The average molecular weight is 208 g/mol.